The van der Waals surface area contributed by atoms with Crippen LogP contribution in [-0.4, -0.2) is 42.6 Å². The highest BCUT2D eigenvalue weighted by atomic mass is 32.2. The van der Waals surface area contributed by atoms with E-state index in [2.05, 4.69) is 15.6 Å². The molecule has 2 heterocycles. The lowest BCUT2D eigenvalue weighted by Gasteiger charge is -2.31. The first-order valence-corrected chi connectivity index (χ1v) is 12.6. The highest BCUT2D eigenvalue weighted by molar-refractivity contribution is 7.89. The molecule has 2 aromatic carbocycles. The largest absolute Gasteiger partial charge is 0.348 e. The number of para-hydroxylation sites is 1. The first kappa shape index (κ1) is 24.5. The summed E-state index contributed by atoms with van der Waals surface area (Å²) in [6.45, 7) is 0.561. The number of carbonyl (C=O) groups excluding carboxylic acids is 2. The molecule has 0 saturated carbocycles. The molecular formula is C25H25FN4O4S. The van der Waals surface area contributed by atoms with Crippen LogP contribution in [0.2, 0.25) is 0 Å². The van der Waals surface area contributed by atoms with Crippen LogP contribution in [0.3, 0.4) is 0 Å². The quantitative estimate of drug-likeness (QED) is 0.522. The van der Waals surface area contributed by atoms with Crippen LogP contribution >= 0.6 is 0 Å². The fraction of sp³-hybridized carbons (Fsp3) is 0.240. The highest BCUT2D eigenvalue weighted by Gasteiger charge is 2.33. The minimum atomic E-state index is -3.86. The van der Waals surface area contributed by atoms with E-state index in [1.165, 1.54) is 16.4 Å². The molecule has 8 nitrogen and oxygen atoms in total. The average Bonchev–Trinajstić information content (AvgIpc) is 2.88. The predicted octanol–water partition coefficient (Wildman–Crippen LogP) is 3.19. The second kappa shape index (κ2) is 10.7. The smallest absolute Gasteiger partial charge is 0.253 e. The summed E-state index contributed by atoms with van der Waals surface area (Å²) >= 11 is 0. The van der Waals surface area contributed by atoms with Crippen LogP contribution in [-0.2, 0) is 21.4 Å². The first-order chi connectivity index (χ1) is 16.8. The fourth-order valence-electron chi connectivity index (χ4n) is 3.94. The SMILES string of the molecule is O=C(NCc1cccnc1)c1ccccc1NC(=O)[C@@H]1CCCN(S(=O)(=O)c2ccc(F)cc2)C1. The van der Waals surface area contributed by atoms with Crippen LogP contribution in [0.1, 0.15) is 28.8 Å². The summed E-state index contributed by atoms with van der Waals surface area (Å²) in [5.74, 6) is -1.83. The molecule has 10 heteroatoms. The van der Waals surface area contributed by atoms with E-state index in [1.807, 2.05) is 6.07 Å². The first-order valence-electron chi connectivity index (χ1n) is 11.2. The van der Waals surface area contributed by atoms with Crippen LogP contribution in [0.15, 0.2) is 78.0 Å². The third-order valence-corrected chi connectivity index (χ3v) is 7.69. The van der Waals surface area contributed by atoms with Crippen molar-refractivity contribution < 1.29 is 22.4 Å². The van der Waals surface area contributed by atoms with Gasteiger partial charge in [0.1, 0.15) is 5.82 Å². The molecule has 1 aliphatic rings. The van der Waals surface area contributed by atoms with Gasteiger partial charge in [-0.25, -0.2) is 12.8 Å². The monoisotopic (exact) mass is 496 g/mol. The Hall–Kier alpha value is -3.63. The molecule has 0 aliphatic carbocycles. The normalized spacial score (nSPS) is 16.4. The number of halogens is 1. The Kier molecular flexibility index (Phi) is 7.52. The maximum absolute atomic E-state index is 13.2. The number of nitrogens with one attached hydrogen (secondary N) is 2. The summed E-state index contributed by atoms with van der Waals surface area (Å²) < 4.78 is 40.4. The third-order valence-electron chi connectivity index (χ3n) is 5.81. The standard InChI is InChI=1S/C25H25FN4O4S/c26-20-9-11-21(12-10-20)35(33,34)30-14-4-6-19(17-30)24(31)29-23-8-2-1-7-22(23)25(32)28-16-18-5-3-13-27-15-18/h1-3,5,7-13,15,19H,4,6,14,16-17H2,(H,28,32)(H,29,31)/t19-/m1/s1. The number of rotatable bonds is 7. The molecule has 1 aromatic heterocycles. The Balaban J connectivity index is 1.43. The van der Waals surface area contributed by atoms with Crippen LogP contribution in [0.5, 0.6) is 0 Å². The number of hydrogen-bond donors (Lipinski definition) is 2. The molecule has 0 unspecified atom stereocenters. The number of hydrogen-bond acceptors (Lipinski definition) is 5. The molecule has 0 radical (unpaired) electrons. The highest BCUT2D eigenvalue weighted by Crippen LogP contribution is 2.25. The number of pyridine rings is 1. The van der Waals surface area contributed by atoms with Gasteiger partial charge in [-0.15, -0.1) is 0 Å². The molecule has 2 N–H and O–H groups in total. The summed E-state index contributed by atoms with van der Waals surface area (Å²) in [4.78, 5) is 29.8. The van der Waals surface area contributed by atoms with E-state index >= 15 is 0 Å². The molecule has 182 valence electrons. The van der Waals surface area contributed by atoms with Crippen molar-refractivity contribution in [3.63, 3.8) is 0 Å². The molecule has 4 rings (SSSR count). The van der Waals surface area contributed by atoms with Crippen LogP contribution in [0.4, 0.5) is 10.1 Å². The maximum Gasteiger partial charge on any atom is 0.253 e. The Bertz CT molecular complexity index is 1300. The number of carbonyl (C=O) groups is 2. The predicted molar refractivity (Wildman–Crippen MR) is 128 cm³/mol. The zero-order valence-corrected chi connectivity index (χ0v) is 19.7. The van der Waals surface area contributed by atoms with Crippen molar-refractivity contribution in [2.45, 2.75) is 24.3 Å². The van der Waals surface area contributed by atoms with E-state index in [0.717, 1.165) is 17.7 Å². The molecule has 0 bridgehead atoms. The van der Waals surface area contributed by atoms with Gasteiger partial charge in [0.2, 0.25) is 15.9 Å². The summed E-state index contributed by atoms with van der Waals surface area (Å²) in [6, 6.07) is 14.9. The number of anilines is 1. The zero-order chi connectivity index (χ0) is 24.8. The molecule has 1 aliphatic heterocycles. The Labute approximate surface area is 203 Å². The topological polar surface area (TPSA) is 108 Å². The Morgan fingerprint density at radius 2 is 1.83 bits per heavy atom. The summed E-state index contributed by atoms with van der Waals surface area (Å²) in [6.07, 6.45) is 4.32. The van der Waals surface area contributed by atoms with E-state index < -0.39 is 21.8 Å². The second-order valence-electron chi connectivity index (χ2n) is 8.23. The van der Waals surface area contributed by atoms with E-state index in [-0.39, 0.29) is 36.3 Å². The van der Waals surface area contributed by atoms with Crippen molar-refractivity contribution in [1.29, 1.82) is 0 Å². The lowest BCUT2D eigenvalue weighted by atomic mass is 9.98. The van der Waals surface area contributed by atoms with Gasteiger partial charge in [0.25, 0.3) is 5.91 Å². The number of aromatic nitrogens is 1. The Morgan fingerprint density at radius 1 is 1.06 bits per heavy atom. The van der Waals surface area contributed by atoms with Crippen molar-refractivity contribution in [2.24, 2.45) is 5.92 Å². The van der Waals surface area contributed by atoms with Gasteiger partial charge in [0.15, 0.2) is 0 Å². The van der Waals surface area contributed by atoms with Crippen molar-refractivity contribution in [3.05, 3.63) is 90.0 Å². The maximum atomic E-state index is 13.2. The van der Waals surface area contributed by atoms with Crippen molar-refractivity contribution in [3.8, 4) is 0 Å². The molecule has 3 aromatic rings. The molecule has 1 atom stereocenters. The molecular weight excluding hydrogens is 471 g/mol. The minimum absolute atomic E-state index is 0.000906. The summed E-state index contributed by atoms with van der Waals surface area (Å²) in [5.41, 5.74) is 1.49. The molecule has 1 saturated heterocycles. The van der Waals surface area contributed by atoms with E-state index in [1.54, 1.807) is 42.7 Å². The molecule has 35 heavy (non-hydrogen) atoms. The van der Waals surface area contributed by atoms with Gasteiger partial charge in [-0.2, -0.15) is 4.31 Å². The zero-order valence-electron chi connectivity index (χ0n) is 18.9. The van der Waals surface area contributed by atoms with Gasteiger partial charge in [-0.3, -0.25) is 14.6 Å². The van der Waals surface area contributed by atoms with E-state index in [9.17, 15) is 22.4 Å². The minimum Gasteiger partial charge on any atom is -0.348 e. The average molecular weight is 497 g/mol. The number of sulfonamides is 1. The van der Waals surface area contributed by atoms with Gasteiger partial charge < -0.3 is 10.6 Å². The van der Waals surface area contributed by atoms with Crippen LogP contribution in [0.25, 0.3) is 0 Å². The van der Waals surface area contributed by atoms with E-state index in [4.69, 9.17) is 0 Å². The lowest BCUT2D eigenvalue weighted by Crippen LogP contribution is -2.43. The number of nitrogens with zero attached hydrogens (tertiary/aromatic N) is 2. The number of benzene rings is 2. The van der Waals surface area contributed by atoms with Gasteiger partial charge in [0, 0.05) is 32.0 Å². The molecule has 0 spiro atoms. The number of piperidine rings is 1. The molecule has 2 amide bonds. The third kappa shape index (κ3) is 5.90. The summed E-state index contributed by atoms with van der Waals surface area (Å²) in [5, 5.41) is 5.61. The van der Waals surface area contributed by atoms with Gasteiger partial charge >= 0.3 is 0 Å². The lowest BCUT2D eigenvalue weighted by molar-refractivity contribution is -0.120. The van der Waals surface area contributed by atoms with Crippen LogP contribution < -0.4 is 10.6 Å². The summed E-state index contributed by atoms with van der Waals surface area (Å²) in [7, 11) is -3.86. The van der Waals surface area contributed by atoms with Gasteiger partial charge in [-0.05, 0) is 60.9 Å². The second-order valence-corrected chi connectivity index (χ2v) is 10.2. The fourth-order valence-corrected chi connectivity index (χ4v) is 5.46. The van der Waals surface area contributed by atoms with Crippen LogP contribution in [0, 0.1) is 11.7 Å². The Morgan fingerprint density at radius 3 is 2.57 bits per heavy atom. The van der Waals surface area contributed by atoms with Crippen molar-refractivity contribution >= 4 is 27.5 Å². The van der Waals surface area contributed by atoms with Gasteiger partial charge in [-0.1, -0.05) is 18.2 Å². The van der Waals surface area contributed by atoms with Crippen molar-refractivity contribution in [1.82, 2.24) is 14.6 Å². The van der Waals surface area contributed by atoms with E-state index in [0.29, 0.717) is 24.1 Å². The van der Waals surface area contributed by atoms with Crippen molar-refractivity contribution in [2.75, 3.05) is 18.4 Å². The molecule has 1 fully saturated rings. The van der Waals surface area contributed by atoms with Gasteiger partial charge in [0.05, 0.1) is 22.1 Å². The number of amides is 2.